The molecule has 26 heavy (non-hydrogen) atoms. The van der Waals surface area contributed by atoms with Crippen molar-refractivity contribution in [2.24, 2.45) is 5.16 Å². The van der Waals surface area contributed by atoms with Crippen molar-refractivity contribution in [3.63, 3.8) is 0 Å². The predicted molar refractivity (Wildman–Crippen MR) is 102 cm³/mol. The molecular formula is C19H23ClN4O2. The van der Waals surface area contributed by atoms with Crippen LogP contribution in [0.4, 0.5) is 0 Å². The molecule has 0 spiro atoms. The van der Waals surface area contributed by atoms with E-state index < -0.39 is 0 Å². The molecule has 0 radical (unpaired) electrons. The highest BCUT2D eigenvalue weighted by molar-refractivity contribution is 6.30. The molecule has 1 aliphatic heterocycles. The number of hydrogen-bond acceptors (Lipinski definition) is 5. The van der Waals surface area contributed by atoms with Crippen LogP contribution in [-0.4, -0.2) is 59.1 Å². The number of piperidine rings is 1. The summed E-state index contributed by atoms with van der Waals surface area (Å²) in [6, 6.07) is 11.0. The first kappa shape index (κ1) is 18.5. The number of halogens is 1. The van der Waals surface area contributed by atoms with Crippen molar-refractivity contribution >= 4 is 17.4 Å². The molecule has 1 aromatic heterocycles. The van der Waals surface area contributed by atoms with Gasteiger partial charge in [-0.05, 0) is 63.3 Å². The molecule has 1 N–H and O–H groups in total. The van der Waals surface area contributed by atoms with Gasteiger partial charge in [0.25, 0.3) is 0 Å². The molecule has 7 heteroatoms. The maximum absolute atomic E-state index is 9.53. The third kappa shape index (κ3) is 4.45. The Balaban J connectivity index is 1.68. The van der Waals surface area contributed by atoms with E-state index in [0.29, 0.717) is 28.5 Å². The fraction of sp³-hybridized carbons (Fsp3) is 0.368. The first-order valence-electron chi connectivity index (χ1n) is 8.60. The Kier molecular flexibility index (Phi) is 5.96. The summed E-state index contributed by atoms with van der Waals surface area (Å²) in [5.74, 6) is 1.65. The van der Waals surface area contributed by atoms with Crippen LogP contribution in [0.1, 0.15) is 18.4 Å². The van der Waals surface area contributed by atoms with Gasteiger partial charge in [-0.3, -0.25) is 0 Å². The molecule has 0 bridgehead atoms. The third-order valence-corrected chi connectivity index (χ3v) is 4.95. The number of aromatic nitrogens is 1. The summed E-state index contributed by atoms with van der Waals surface area (Å²) >= 11 is 5.87. The summed E-state index contributed by atoms with van der Waals surface area (Å²) in [4.78, 5) is 8.66. The highest BCUT2D eigenvalue weighted by Crippen LogP contribution is 2.22. The second-order valence-electron chi connectivity index (χ2n) is 6.51. The molecular weight excluding hydrogens is 352 g/mol. The van der Waals surface area contributed by atoms with E-state index in [1.54, 1.807) is 36.5 Å². The topological polar surface area (TPSA) is 61.2 Å². The van der Waals surface area contributed by atoms with Crippen molar-refractivity contribution in [1.29, 1.82) is 0 Å². The molecule has 6 nitrogen and oxygen atoms in total. The monoisotopic (exact) mass is 374 g/mol. The number of hydrogen-bond donors (Lipinski definition) is 1. The molecule has 1 aliphatic rings. The molecule has 2 aromatic rings. The van der Waals surface area contributed by atoms with E-state index in [1.165, 1.54) is 0 Å². The molecule has 0 saturated carbocycles. The van der Waals surface area contributed by atoms with E-state index in [-0.39, 0.29) is 0 Å². The van der Waals surface area contributed by atoms with Crippen LogP contribution in [0.5, 0.6) is 11.6 Å². The van der Waals surface area contributed by atoms with Gasteiger partial charge in [-0.25, -0.2) is 4.98 Å². The lowest BCUT2D eigenvalue weighted by molar-refractivity contribution is 0.188. The lowest BCUT2D eigenvalue weighted by atomic mass is 10.0. The molecule has 138 valence electrons. The van der Waals surface area contributed by atoms with E-state index in [9.17, 15) is 5.21 Å². The highest BCUT2D eigenvalue weighted by Gasteiger charge is 2.24. The van der Waals surface area contributed by atoms with Crippen molar-refractivity contribution in [2.45, 2.75) is 18.9 Å². The van der Waals surface area contributed by atoms with Gasteiger partial charge in [0.1, 0.15) is 5.75 Å². The van der Waals surface area contributed by atoms with E-state index >= 15 is 0 Å². The fourth-order valence-electron chi connectivity index (χ4n) is 3.08. The number of nitrogens with zero attached hydrogens (tertiary/aromatic N) is 4. The van der Waals surface area contributed by atoms with Crippen LogP contribution >= 0.6 is 11.6 Å². The van der Waals surface area contributed by atoms with Gasteiger partial charge in [-0.15, -0.1) is 0 Å². The smallest absolute Gasteiger partial charge is 0.219 e. The van der Waals surface area contributed by atoms with Gasteiger partial charge < -0.3 is 19.7 Å². The standard InChI is InChI=1S/C19H23ClN4O2/c1-23-11-9-16(10-12-23)24(2)19(22-25)14-3-8-18(21-13-14)26-17-6-4-15(20)5-7-17/h3-8,13,16,25H,9-12H2,1-2H3/b22-19-. The zero-order chi connectivity index (χ0) is 18.5. The SMILES string of the molecule is CN1CCC(N(C)/C(=N\O)c2ccc(Oc3ccc(Cl)cc3)nc2)CC1. The molecule has 0 aliphatic carbocycles. The van der Waals surface area contributed by atoms with Gasteiger partial charge in [-0.2, -0.15) is 0 Å². The molecule has 0 atom stereocenters. The van der Waals surface area contributed by atoms with Crippen molar-refractivity contribution in [3.05, 3.63) is 53.2 Å². The van der Waals surface area contributed by atoms with Crippen LogP contribution in [0, 0.1) is 0 Å². The number of pyridine rings is 1. The Morgan fingerprint density at radius 3 is 2.50 bits per heavy atom. The Morgan fingerprint density at radius 1 is 1.23 bits per heavy atom. The van der Waals surface area contributed by atoms with E-state index in [0.717, 1.165) is 31.5 Å². The van der Waals surface area contributed by atoms with E-state index in [2.05, 4.69) is 22.1 Å². The first-order chi connectivity index (χ1) is 12.6. The summed E-state index contributed by atoms with van der Waals surface area (Å²) in [7, 11) is 4.09. The average Bonchev–Trinajstić information content (AvgIpc) is 2.66. The molecule has 1 aromatic carbocycles. The minimum Gasteiger partial charge on any atom is -0.439 e. The predicted octanol–water partition coefficient (Wildman–Crippen LogP) is 3.69. The molecule has 0 unspecified atom stereocenters. The van der Waals surface area contributed by atoms with Gasteiger partial charge in [0.15, 0.2) is 5.84 Å². The molecule has 3 rings (SSSR count). The van der Waals surface area contributed by atoms with Crippen LogP contribution in [0.3, 0.4) is 0 Å². The number of oxime groups is 1. The number of rotatable bonds is 4. The van der Waals surface area contributed by atoms with Crippen molar-refractivity contribution in [1.82, 2.24) is 14.8 Å². The minimum atomic E-state index is 0.349. The second kappa shape index (κ2) is 8.38. The van der Waals surface area contributed by atoms with Gasteiger partial charge in [0.2, 0.25) is 5.88 Å². The Labute approximate surface area is 158 Å². The molecule has 0 amide bonds. The number of ether oxygens (including phenoxy) is 1. The van der Waals surface area contributed by atoms with E-state index in [1.807, 2.05) is 18.0 Å². The zero-order valence-corrected chi connectivity index (χ0v) is 15.7. The van der Waals surface area contributed by atoms with Crippen molar-refractivity contribution in [2.75, 3.05) is 27.2 Å². The van der Waals surface area contributed by atoms with E-state index in [4.69, 9.17) is 16.3 Å². The summed E-state index contributed by atoms with van der Waals surface area (Å²) < 4.78 is 5.70. The Hall–Kier alpha value is -2.31. The maximum atomic E-state index is 9.53. The summed E-state index contributed by atoms with van der Waals surface area (Å²) in [5, 5.41) is 13.7. The van der Waals surface area contributed by atoms with Gasteiger partial charge in [0, 0.05) is 35.9 Å². The Morgan fingerprint density at radius 2 is 1.92 bits per heavy atom. The summed E-state index contributed by atoms with van der Waals surface area (Å²) in [6.45, 7) is 2.08. The quantitative estimate of drug-likeness (QED) is 0.383. The third-order valence-electron chi connectivity index (χ3n) is 4.70. The normalized spacial score (nSPS) is 16.5. The minimum absolute atomic E-state index is 0.349. The number of likely N-dealkylation sites (tertiary alicyclic amines) is 1. The van der Waals surface area contributed by atoms with Crippen LogP contribution in [0.25, 0.3) is 0 Å². The first-order valence-corrected chi connectivity index (χ1v) is 8.98. The van der Waals surface area contributed by atoms with Crippen LogP contribution in [0.15, 0.2) is 47.8 Å². The highest BCUT2D eigenvalue weighted by atomic mass is 35.5. The molecule has 2 heterocycles. The lowest BCUT2D eigenvalue weighted by Crippen LogP contribution is -2.44. The number of amidine groups is 1. The van der Waals surface area contributed by atoms with Crippen LogP contribution < -0.4 is 4.74 Å². The second-order valence-corrected chi connectivity index (χ2v) is 6.95. The summed E-state index contributed by atoms with van der Waals surface area (Å²) in [5.41, 5.74) is 0.748. The average molecular weight is 375 g/mol. The number of benzene rings is 1. The van der Waals surface area contributed by atoms with Gasteiger partial charge in [0.05, 0.1) is 0 Å². The van der Waals surface area contributed by atoms with Crippen molar-refractivity contribution in [3.8, 4) is 11.6 Å². The summed E-state index contributed by atoms with van der Waals surface area (Å²) in [6.07, 6.45) is 3.74. The largest absolute Gasteiger partial charge is 0.439 e. The fourth-order valence-corrected chi connectivity index (χ4v) is 3.21. The molecule has 1 saturated heterocycles. The zero-order valence-electron chi connectivity index (χ0n) is 15.0. The van der Waals surface area contributed by atoms with Crippen molar-refractivity contribution < 1.29 is 9.94 Å². The van der Waals surface area contributed by atoms with Gasteiger partial charge >= 0.3 is 0 Å². The van der Waals surface area contributed by atoms with Crippen LogP contribution in [-0.2, 0) is 0 Å². The lowest BCUT2D eigenvalue weighted by Gasteiger charge is -2.36. The molecule has 1 fully saturated rings. The Bertz CT molecular complexity index is 741. The maximum Gasteiger partial charge on any atom is 0.219 e. The van der Waals surface area contributed by atoms with Crippen LogP contribution in [0.2, 0.25) is 5.02 Å². The van der Waals surface area contributed by atoms with Gasteiger partial charge in [-0.1, -0.05) is 16.8 Å².